The maximum atomic E-state index is 12.1. The Morgan fingerprint density at radius 2 is 1.80 bits per heavy atom. The Morgan fingerprint density at radius 1 is 1.25 bits per heavy atom. The highest BCUT2D eigenvalue weighted by Crippen LogP contribution is 2.27. The molecular formula is C12H20ClN3O3S. The fourth-order valence-corrected chi connectivity index (χ4v) is 2.96. The summed E-state index contributed by atoms with van der Waals surface area (Å²) in [4.78, 5) is 11.9. The number of H-pyrrole nitrogens is 1. The molecule has 8 heteroatoms. The first-order chi connectivity index (χ1) is 9.05. The van der Waals surface area contributed by atoms with E-state index in [0.29, 0.717) is 5.69 Å². The van der Waals surface area contributed by atoms with Crippen molar-refractivity contribution in [3.8, 4) is 0 Å². The lowest BCUT2D eigenvalue weighted by molar-refractivity contribution is 0.0922. The SMILES string of the molecule is CC(C)c1[nH]nc(C(=O)NC(C)C(C)C)c1S(=O)(=O)Cl. The summed E-state index contributed by atoms with van der Waals surface area (Å²) in [6.07, 6.45) is 0. The molecule has 2 N–H and O–H groups in total. The van der Waals surface area contributed by atoms with Crippen molar-refractivity contribution in [2.24, 2.45) is 5.92 Å². The van der Waals surface area contributed by atoms with Crippen molar-refractivity contribution in [1.29, 1.82) is 0 Å². The van der Waals surface area contributed by atoms with E-state index in [9.17, 15) is 13.2 Å². The first-order valence-corrected chi connectivity index (χ1v) is 8.70. The second-order valence-electron chi connectivity index (χ2n) is 5.41. The van der Waals surface area contributed by atoms with E-state index < -0.39 is 15.0 Å². The average Bonchev–Trinajstić information content (AvgIpc) is 2.72. The number of aromatic nitrogens is 2. The summed E-state index contributed by atoms with van der Waals surface area (Å²) in [5.74, 6) is -0.470. The van der Waals surface area contributed by atoms with Gasteiger partial charge in [0.15, 0.2) is 5.69 Å². The highest BCUT2D eigenvalue weighted by Gasteiger charge is 2.30. The van der Waals surface area contributed by atoms with Crippen LogP contribution in [-0.4, -0.2) is 30.6 Å². The molecule has 1 heterocycles. The zero-order valence-electron chi connectivity index (χ0n) is 12.2. The van der Waals surface area contributed by atoms with Crippen LogP contribution in [0.15, 0.2) is 4.90 Å². The van der Waals surface area contributed by atoms with E-state index in [2.05, 4.69) is 15.5 Å². The maximum absolute atomic E-state index is 12.1. The molecule has 1 aromatic rings. The summed E-state index contributed by atoms with van der Waals surface area (Å²) in [5, 5.41) is 9.12. The summed E-state index contributed by atoms with van der Waals surface area (Å²) < 4.78 is 23.4. The molecule has 0 aliphatic heterocycles. The van der Waals surface area contributed by atoms with Crippen molar-refractivity contribution in [3.63, 3.8) is 0 Å². The van der Waals surface area contributed by atoms with Crippen LogP contribution in [0.1, 0.15) is 56.7 Å². The van der Waals surface area contributed by atoms with Crippen molar-refractivity contribution in [2.45, 2.75) is 51.5 Å². The Kier molecular flexibility index (Phi) is 5.21. The lowest BCUT2D eigenvalue weighted by Crippen LogP contribution is -2.36. The predicted molar refractivity (Wildman–Crippen MR) is 77.5 cm³/mol. The van der Waals surface area contributed by atoms with Gasteiger partial charge >= 0.3 is 0 Å². The lowest BCUT2D eigenvalue weighted by Gasteiger charge is -2.16. The number of rotatable bonds is 5. The van der Waals surface area contributed by atoms with E-state index >= 15 is 0 Å². The van der Waals surface area contributed by atoms with Gasteiger partial charge in [0.25, 0.3) is 15.0 Å². The number of nitrogens with one attached hydrogen (secondary N) is 2. The Balaban J connectivity index is 3.23. The Hall–Kier alpha value is -1.08. The Bertz CT molecular complexity index is 593. The largest absolute Gasteiger partial charge is 0.348 e. The van der Waals surface area contributed by atoms with Gasteiger partial charge in [-0.05, 0) is 18.8 Å². The van der Waals surface area contributed by atoms with Gasteiger partial charge in [0.05, 0.1) is 5.69 Å². The first-order valence-electron chi connectivity index (χ1n) is 6.39. The summed E-state index contributed by atoms with van der Waals surface area (Å²) in [6, 6.07) is -0.104. The van der Waals surface area contributed by atoms with Gasteiger partial charge in [-0.2, -0.15) is 5.10 Å². The van der Waals surface area contributed by atoms with E-state index in [1.807, 2.05) is 20.8 Å². The maximum Gasteiger partial charge on any atom is 0.273 e. The second-order valence-corrected chi connectivity index (χ2v) is 7.92. The summed E-state index contributed by atoms with van der Waals surface area (Å²) >= 11 is 0. The third-order valence-corrected chi connectivity index (χ3v) is 4.51. The number of hydrogen-bond donors (Lipinski definition) is 2. The number of halogens is 1. The van der Waals surface area contributed by atoms with Gasteiger partial charge in [0, 0.05) is 16.7 Å². The van der Waals surface area contributed by atoms with Crippen LogP contribution in [0.3, 0.4) is 0 Å². The molecule has 1 aromatic heterocycles. The van der Waals surface area contributed by atoms with Crippen molar-refractivity contribution in [1.82, 2.24) is 15.5 Å². The predicted octanol–water partition coefficient (Wildman–Crippen LogP) is 2.23. The van der Waals surface area contributed by atoms with Crippen molar-refractivity contribution < 1.29 is 13.2 Å². The number of carbonyl (C=O) groups excluding carboxylic acids is 1. The molecule has 0 bridgehead atoms. The molecule has 1 amide bonds. The molecule has 1 atom stereocenters. The lowest BCUT2D eigenvalue weighted by atomic mass is 10.1. The zero-order valence-corrected chi connectivity index (χ0v) is 13.8. The minimum Gasteiger partial charge on any atom is -0.348 e. The smallest absolute Gasteiger partial charge is 0.273 e. The molecule has 0 aliphatic carbocycles. The fourth-order valence-electron chi connectivity index (χ4n) is 1.58. The van der Waals surface area contributed by atoms with Crippen LogP contribution < -0.4 is 5.32 Å². The molecule has 0 aliphatic rings. The second kappa shape index (κ2) is 6.13. The van der Waals surface area contributed by atoms with Gasteiger partial charge in [-0.15, -0.1) is 0 Å². The van der Waals surface area contributed by atoms with Crippen molar-refractivity contribution >= 4 is 25.6 Å². The van der Waals surface area contributed by atoms with Crippen LogP contribution in [-0.2, 0) is 9.05 Å². The van der Waals surface area contributed by atoms with Crippen LogP contribution in [0.2, 0.25) is 0 Å². The van der Waals surface area contributed by atoms with Crippen molar-refractivity contribution in [3.05, 3.63) is 11.4 Å². The van der Waals surface area contributed by atoms with Gasteiger partial charge in [-0.25, -0.2) is 8.42 Å². The van der Waals surface area contributed by atoms with E-state index in [4.69, 9.17) is 10.7 Å². The van der Waals surface area contributed by atoms with E-state index in [-0.39, 0.29) is 28.5 Å². The zero-order chi connectivity index (χ0) is 15.7. The summed E-state index contributed by atoms with van der Waals surface area (Å²) in [5.41, 5.74) is 0.151. The minimum atomic E-state index is -4.05. The van der Waals surface area contributed by atoms with Crippen molar-refractivity contribution in [2.75, 3.05) is 0 Å². The van der Waals surface area contributed by atoms with E-state index in [1.165, 1.54) is 0 Å². The highest BCUT2D eigenvalue weighted by atomic mass is 35.7. The topological polar surface area (TPSA) is 91.9 Å². The van der Waals surface area contributed by atoms with Gasteiger partial charge in [-0.1, -0.05) is 27.7 Å². The number of nitrogens with zero attached hydrogens (tertiary/aromatic N) is 1. The molecular weight excluding hydrogens is 302 g/mol. The molecule has 0 saturated carbocycles. The number of carbonyl (C=O) groups is 1. The third-order valence-electron chi connectivity index (χ3n) is 3.14. The van der Waals surface area contributed by atoms with Gasteiger partial charge in [0.2, 0.25) is 0 Å². The van der Waals surface area contributed by atoms with Gasteiger partial charge in [-0.3, -0.25) is 9.89 Å². The van der Waals surface area contributed by atoms with Crippen LogP contribution in [0, 0.1) is 5.92 Å². The molecule has 0 spiro atoms. The van der Waals surface area contributed by atoms with Crippen LogP contribution in [0.4, 0.5) is 0 Å². The molecule has 1 rings (SSSR count). The monoisotopic (exact) mass is 321 g/mol. The highest BCUT2D eigenvalue weighted by molar-refractivity contribution is 8.13. The number of aromatic amines is 1. The molecule has 0 fully saturated rings. The molecule has 1 unspecified atom stereocenters. The average molecular weight is 322 g/mol. The molecule has 20 heavy (non-hydrogen) atoms. The minimum absolute atomic E-state index is 0.104. The van der Waals surface area contributed by atoms with Gasteiger partial charge in [0.1, 0.15) is 4.90 Å². The Labute approximate surface area is 123 Å². The third kappa shape index (κ3) is 3.73. The van der Waals surface area contributed by atoms with Crippen LogP contribution >= 0.6 is 10.7 Å². The normalized spacial score (nSPS) is 13.8. The van der Waals surface area contributed by atoms with E-state index in [0.717, 1.165) is 0 Å². The summed E-state index contributed by atoms with van der Waals surface area (Å²) in [7, 11) is 1.38. The Morgan fingerprint density at radius 3 is 2.20 bits per heavy atom. The molecule has 0 aromatic carbocycles. The molecule has 6 nitrogen and oxygen atoms in total. The van der Waals surface area contributed by atoms with Crippen LogP contribution in [0.5, 0.6) is 0 Å². The summed E-state index contributed by atoms with van der Waals surface area (Å²) in [6.45, 7) is 9.32. The van der Waals surface area contributed by atoms with Crippen LogP contribution in [0.25, 0.3) is 0 Å². The van der Waals surface area contributed by atoms with E-state index in [1.54, 1.807) is 13.8 Å². The number of amides is 1. The standard InChI is InChI=1S/C12H20ClN3O3S/c1-6(2)8(5)14-12(17)10-11(20(13,18)19)9(7(3)4)15-16-10/h6-8H,1-5H3,(H,14,17)(H,15,16). The molecule has 114 valence electrons. The molecule has 0 radical (unpaired) electrons. The number of hydrogen-bond acceptors (Lipinski definition) is 4. The molecule has 0 saturated heterocycles. The fraction of sp³-hybridized carbons (Fsp3) is 0.667. The van der Waals surface area contributed by atoms with Gasteiger partial charge < -0.3 is 5.32 Å². The quantitative estimate of drug-likeness (QED) is 0.813. The first kappa shape index (κ1) is 17.0.